The van der Waals surface area contributed by atoms with Crippen LogP contribution in [0, 0.1) is 5.92 Å². The van der Waals surface area contributed by atoms with E-state index in [0.717, 1.165) is 32.4 Å². The molecule has 2 rings (SSSR count). The molecule has 1 aliphatic carbocycles. The fourth-order valence-electron chi connectivity index (χ4n) is 2.27. The zero-order valence-electron chi connectivity index (χ0n) is 11.3. The van der Waals surface area contributed by atoms with Gasteiger partial charge in [-0.2, -0.15) is 0 Å². The Hall–Kier alpha value is -1.06. The quantitative estimate of drug-likeness (QED) is 0.872. The maximum Gasteiger partial charge on any atom is 0.225 e. The summed E-state index contributed by atoms with van der Waals surface area (Å²) in [6.07, 6.45) is 4.21. The molecule has 2 N–H and O–H groups in total. The van der Waals surface area contributed by atoms with Gasteiger partial charge in [0.1, 0.15) is 0 Å². The van der Waals surface area contributed by atoms with E-state index in [1.165, 1.54) is 12.0 Å². The molecule has 0 radical (unpaired) electrons. The first-order chi connectivity index (χ1) is 8.81. The summed E-state index contributed by atoms with van der Waals surface area (Å²) >= 11 is 0. The van der Waals surface area contributed by atoms with E-state index in [1.54, 1.807) is 0 Å². The standard InChI is InChI=1S/C15H22N2O.ClH/c16-10-5-11-17(15(18)14-8-4-9-14)12-13-6-2-1-3-7-13;/h1-3,6-7,14H,4-5,8-12,16H2;1H. The molecule has 106 valence electrons. The van der Waals surface area contributed by atoms with Gasteiger partial charge in [-0.15, -0.1) is 12.4 Å². The highest BCUT2D eigenvalue weighted by molar-refractivity contribution is 5.85. The highest BCUT2D eigenvalue weighted by Gasteiger charge is 2.29. The lowest BCUT2D eigenvalue weighted by Gasteiger charge is -2.31. The van der Waals surface area contributed by atoms with Gasteiger partial charge < -0.3 is 10.6 Å². The number of benzene rings is 1. The van der Waals surface area contributed by atoms with Crippen molar-refractivity contribution in [3.05, 3.63) is 35.9 Å². The van der Waals surface area contributed by atoms with Crippen LogP contribution in [0.1, 0.15) is 31.2 Å². The molecule has 0 aromatic heterocycles. The molecule has 0 atom stereocenters. The number of carbonyl (C=O) groups excluding carboxylic acids is 1. The van der Waals surface area contributed by atoms with Crippen molar-refractivity contribution in [2.75, 3.05) is 13.1 Å². The van der Waals surface area contributed by atoms with Crippen LogP contribution < -0.4 is 5.73 Å². The normalized spacial score (nSPS) is 14.4. The number of carbonyl (C=O) groups is 1. The summed E-state index contributed by atoms with van der Waals surface area (Å²) in [5, 5.41) is 0. The van der Waals surface area contributed by atoms with Crippen molar-refractivity contribution in [3.8, 4) is 0 Å². The summed E-state index contributed by atoms with van der Waals surface area (Å²) < 4.78 is 0. The maximum absolute atomic E-state index is 12.3. The average Bonchev–Trinajstić information content (AvgIpc) is 2.33. The first kappa shape index (κ1) is 16.0. The van der Waals surface area contributed by atoms with Gasteiger partial charge in [0, 0.05) is 19.0 Å². The van der Waals surface area contributed by atoms with Crippen LogP contribution in [0.2, 0.25) is 0 Å². The number of halogens is 1. The summed E-state index contributed by atoms with van der Waals surface area (Å²) in [6, 6.07) is 10.2. The van der Waals surface area contributed by atoms with Gasteiger partial charge >= 0.3 is 0 Å². The molecule has 0 aliphatic heterocycles. The third-order valence-corrected chi connectivity index (χ3v) is 3.61. The van der Waals surface area contributed by atoms with Gasteiger partial charge in [-0.1, -0.05) is 36.8 Å². The molecule has 1 aliphatic rings. The molecule has 0 saturated heterocycles. The van der Waals surface area contributed by atoms with E-state index in [2.05, 4.69) is 12.1 Å². The summed E-state index contributed by atoms with van der Waals surface area (Å²) in [5.74, 6) is 0.588. The van der Waals surface area contributed by atoms with Crippen LogP contribution in [0.25, 0.3) is 0 Å². The highest BCUT2D eigenvalue weighted by atomic mass is 35.5. The summed E-state index contributed by atoms with van der Waals surface area (Å²) in [4.78, 5) is 14.3. The zero-order chi connectivity index (χ0) is 12.8. The van der Waals surface area contributed by atoms with Crippen molar-refractivity contribution in [1.82, 2.24) is 4.90 Å². The van der Waals surface area contributed by atoms with Gasteiger partial charge in [-0.3, -0.25) is 4.79 Å². The van der Waals surface area contributed by atoms with E-state index in [0.29, 0.717) is 12.5 Å². The van der Waals surface area contributed by atoms with Crippen LogP contribution in [-0.2, 0) is 11.3 Å². The number of amides is 1. The number of nitrogens with zero attached hydrogens (tertiary/aromatic N) is 1. The SMILES string of the molecule is Cl.NCCCN(Cc1ccccc1)C(=O)C1CCC1. The van der Waals surface area contributed by atoms with Crippen LogP contribution >= 0.6 is 12.4 Å². The smallest absolute Gasteiger partial charge is 0.225 e. The van der Waals surface area contributed by atoms with Gasteiger partial charge in [0.05, 0.1) is 0 Å². The van der Waals surface area contributed by atoms with Gasteiger partial charge in [-0.05, 0) is 31.4 Å². The second-order valence-electron chi connectivity index (χ2n) is 5.02. The van der Waals surface area contributed by atoms with E-state index in [-0.39, 0.29) is 18.3 Å². The van der Waals surface area contributed by atoms with Crippen LogP contribution in [0.15, 0.2) is 30.3 Å². The molecule has 4 heteroatoms. The minimum atomic E-state index is 0. The Morgan fingerprint density at radius 3 is 2.47 bits per heavy atom. The lowest BCUT2D eigenvalue weighted by molar-refractivity contribution is -0.138. The summed E-state index contributed by atoms with van der Waals surface area (Å²) in [5.41, 5.74) is 6.75. The molecular formula is C15H23ClN2O. The Bertz CT molecular complexity index is 379. The number of hydrogen-bond acceptors (Lipinski definition) is 2. The molecule has 0 heterocycles. The van der Waals surface area contributed by atoms with Crippen LogP contribution in [-0.4, -0.2) is 23.9 Å². The van der Waals surface area contributed by atoms with E-state index in [9.17, 15) is 4.79 Å². The minimum absolute atomic E-state index is 0. The predicted octanol–water partition coefficient (Wildman–Crippen LogP) is 2.59. The lowest BCUT2D eigenvalue weighted by atomic mass is 9.84. The topological polar surface area (TPSA) is 46.3 Å². The van der Waals surface area contributed by atoms with Crippen LogP contribution in [0.3, 0.4) is 0 Å². The Labute approximate surface area is 121 Å². The zero-order valence-corrected chi connectivity index (χ0v) is 12.1. The largest absolute Gasteiger partial charge is 0.338 e. The lowest BCUT2D eigenvalue weighted by Crippen LogP contribution is -2.39. The third kappa shape index (κ3) is 4.51. The van der Waals surface area contributed by atoms with E-state index >= 15 is 0 Å². The van der Waals surface area contributed by atoms with Crippen molar-refractivity contribution in [2.45, 2.75) is 32.2 Å². The van der Waals surface area contributed by atoms with Crippen molar-refractivity contribution in [2.24, 2.45) is 11.7 Å². The maximum atomic E-state index is 12.3. The number of rotatable bonds is 6. The number of nitrogens with two attached hydrogens (primary N) is 1. The van der Waals surface area contributed by atoms with E-state index in [4.69, 9.17) is 5.73 Å². The monoisotopic (exact) mass is 282 g/mol. The molecule has 0 bridgehead atoms. The van der Waals surface area contributed by atoms with Crippen molar-refractivity contribution >= 4 is 18.3 Å². The molecular weight excluding hydrogens is 260 g/mol. The first-order valence-corrected chi connectivity index (χ1v) is 6.84. The van der Waals surface area contributed by atoms with Gasteiger partial charge in [-0.25, -0.2) is 0 Å². The van der Waals surface area contributed by atoms with E-state index < -0.39 is 0 Å². The molecule has 0 unspecified atom stereocenters. The van der Waals surface area contributed by atoms with Crippen molar-refractivity contribution in [3.63, 3.8) is 0 Å². The Morgan fingerprint density at radius 1 is 1.26 bits per heavy atom. The second kappa shape index (κ2) is 8.18. The van der Waals surface area contributed by atoms with Gasteiger partial charge in [0.15, 0.2) is 0 Å². The average molecular weight is 283 g/mol. The van der Waals surface area contributed by atoms with Gasteiger partial charge in [0.25, 0.3) is 0 Å². The Balaban J connectivity index is 0.00000180. The molecule has 3 nitrogen and oxygen atoms in total. The molecule has 1 fully saturated rings. The van der Waals surface area contributed by atoms with Crippen molar-refractivity contribution < 1.29 is 4.79 Å². The molecule has 1 amide bonds. The van der Waals surface area contributed by atoms with Crippen LogP contribution in [0.4, 0.5) is 0 Å². The minimum Gasteiger partial charge on any atom is -0.338 e. The molecule has 19 heavy (non-hydrogen) atoms. The fraction of sp³-hybridized carbons (Fsp3) is 0.533. The molecule has 1 saturated carbocycles. The third-order valence-electron chi connectivity index (χ3n) is 3.61. The Morgan fingerprint density at radius 2 is 1.95 bits per heavy atom. The molecule has 1 aromatic carbocycles. The summed E-state index contributed by atoms with van der Waals surface area (Å²) in [6.45, 7) is 2.14. The first-order valence-electron chi connectivity index (χ1n) is 6.84. The summed E-state index contributed by atoms with van der Waals surface area (Å²) in [7, 11) is 0. The molecule has 1 aromatic rings. The van der Waals surface area contributed by atoms with Crippen LogP contribution in [0.5, 0.6) is 0 Å². The van der Waals surface area contributed by atoms with Crippen molar-refractivity contribution in [1.29, 1.82) is 0 Å². The Kier molecular flexibility index (Phi) is 6.89. The predicted molar refractivity (Wildman–Crippen MR) is 80.1 cm³/mol. The van der Waals surface area contributed by atoms with Gasteiger partial charge in [0.2, 0.25) is 5.91 Å². The fourth-order valence-corrected chi connectivity index (χ4v) is 2.27. The number of hydrogen-bond donors (Lipinski definition) is 1. The second-order valence-corrected chi connectivity index (χ2v) is 5.02. The van der Waals surface area contributed by atoms with E-state index in [1.807, 2.05) is 23.1 Å². The molecule has 0 spiro atoms. The highest BCUT2D eigenvalue weighted by Crippen LogP contribution is 2.28.